The van der Waals surface area contributed by atoms with Crippen molar-refractivity contribution >= 4 is 17.3 Å². The molecular weight excluding hydrogens is 435 g/mol. The number of nitrogens with one attached hydrogen (secondary N) is 2. The summed E-state index contributed by atoms with van der Waals surface area (Å²) in [5.74, 6) is -1.18. The fraction of sp³-hybridized carbons (Fsp3) is 0.222. The van der Waals surface area contributed by atoms with Crippen LogP contribution in [0.25, 0.3) is 5.82 Å². The van der Waals surface area contributed by atoms with E-state index in [9.17, 15) is 28.1 Å². The number of amides is 1. The highest BCUT2D eigenvalue weighted by Crippen LogP contribution is 2.33. The van der Waals surface area contributed by atoms with Crippen LogP contribution in [0.5, 0.6) is 5.88 Å². The van der Waals surface area contributed by atoms with Gasteiger partial charge >= 0.3 is 6.18 Å². The molecule has 0 saturated heterocycles. The maximum Gasteiger partial charge on any atom is 0.434 e. The molecule has 3 aromatic rings. The van der Waals surface area contributed by atoms with Gasteiger partial charge in [0.25, 0.3) is 11.6 Å². The van der Waals surface area contributed by atoms with Crippen LogP contribution >= 0.6 is 0 Å². The van der Waals surface area contributed by atoms with Gasteiger partial charge in [-0.15, -0.1) is 10.2 Å². The molecule has 3 rings (SSSR count). The standard InChI is InChI=1S/C18H16F3N7O4/c1-32-15-7-6-14(25-26-15)27-16(18(19,20)21)11(10-24-27)17(29)23-9-8-22-12-4-2-3-5-13(12)28(30)31/h2-7,10,22H,8-9H2,1H3,(H,23,29). The second-order valence-electron chi connectivity index (χ2n) is 6.21. The molecule has 0 spiro atoms. The number of rotatable bonds is 8. The van der Waals surface area contributed by atoms with Gasteiger partial charge in [-0.2, -0.15) is 18.3 Å². The van der Waals surface area contributed by atoms with Gasteiger partial charge in [0, 0.05) is 25.2 Å². The summed E-state index contributed by atoms with van der Waals surface area (Å²) in [5, 5.41) is 27.0. The molecule has 0 fully saturated rings. The summed E-state index contributed by atoms with van der Waals surface area (Å²) in [6.45, 7) is -0.0638. The maximum absolute atomic E-state index is 13.7. The van der Waals surface area contributed by atoms with E-state index >= 15 is 0 Å². The number of benzene rings is 1. The Labute approximate surface area is 178 Å². The molecule has 0 radical (unpaired) electrons. The number of methoxy groups -OCH3 is 1. The molecule has 2 N–H and O–H groups in total. The van der Waals surface area contributed by atoms with Crippen LogP contribution in [0.15, 0.2) is 42.6 Å². The molecule has 0 bridgehead atoms. The van der Waals surface area contributed by atoms with Gasteiger partial charge in [0.2, 0.25) is 5.88 Å². The molecule has 0 aliphatic rings. The first-order valence-electron chi connectivity index (χ1n) is 9.01. The van der Waals surface area contributed by atoms with Gasteiger partial charge in [-0.05, 0) is 12.1 Å². The van der Waals surface area contributed by atoms with E-state index in [-0.39, 0.29) is 36.2 Å². The third kappa shape index (κ3) is 4.91. The van der Waals surface area contributed by atoms with E-state index in [0.717, 1.165) is 6.20 Å². The van der Waals surface area contributed by atoms with Crippen LogP contribution in [0.3, 0.4) is 0 Å². The van der Waals surface area contributed by atoms with Crippen LogP contribution < -0.4 is 15.4 Å². The molecule has 14 heteroatoms. The molecule has 0 unspecified atom stereocenters. The van der Waals surface area contributed by atoms with Gasteiger partial charge in [-0.1, -0.05) is 12.1 Å². The second kappa shape index (κ2) is 9.28. The smallest absolute Gasteiger partial charge is 0.434 e. The lowest BCUT2D eigenvalue weighted by atomic mass is 10.2. The van der Waals surface area contributed by atoms with E-state index < -0.39 is 28.3 Å². The molecule has 11 nitrogen and oxygen atoms in total. The fourth-order valence-corrected chi connectivity index (χ4v) is 2.75. The number of alkyl halides is 3. The lowest BCUT2D eigenvalue weighted by Crippen LogP contribution is -2.30. The van der Waals surface area contributed by atoms with E-state index in [0.29, 0.717) is 4.68 Å². The minimum Gasteiger partial charge on any atom is -0.480 e. The first kappa shape index (κ1) is 22.5. The average molecular weight is 451 g/mol. The van der Waals surface area contributed by atoms with Gasteiger partial charge in [0.1, 0.15) is 5.69 Å². The number of hydrogen-bond acceptors (Lipinski definition) is 8. The predicted molar refractivity (Wildman–Crippen MR) is 105 cm³/mol. The maximum atomic E-state index is 13.7. The third-order valence-electron chi connectivity index (χ3n) is 4.16. The van der Waals surface area contributed by atoms with Gasteiger partial charge in [-0.25, -0.2) is 4.68 Å². The van der Waals surface area contributed by atoms with E-state index in [1.54, 1.807) is 6.07 Å². The zero-order valence-corrected chi connectivity index (χ0v) is 16.5. The van der Waals surface area contributed by atoms with Crippen LogP contribution in [0.2, 0.25) is 0 Å². The molecule has 2 heterocycles. The van der Waals surface area contributed by atoms with Crippen molar-refractivity contribution in [3.8, 4) is 11.7 Å². The Bertz CT molecular complexity index is 1120. The van der Waals surface area contributed by atoms with E-state index in [1.807, 2.05) is 0 Å². The number of anilines is 1. The first-order chi connectivity index (χ1) is 15.2. The monoisotopic (exact) mass is 451 g/mol. The summed E-state index contributed by atoms with van der Waals surface area (Å²) in [6.07, 6.45) is -4.13. The number of halogens is 3. The Morgan fingerprint density at radius 2 is 1.94 bits per heavy atom. The van der Waals surface area contributed by atoms with Crippen molar-refractivity contribution in [1.29, 1.82) is 0 Å². The third-order valence-corrected chi connectivity index (χ3v) is 4.16. The SMILES string of the molecule is COc1ccc(-n2ncc(C(=O)NCCNc3ccccc3[N+](=O)[O-])c2C(F)(F)F)nn1. The summed E-state index contributed by atoms with van der Waals surface area (Å²) in [4.78, 5) is 22.8. The van der Waals surface area contributed by atoms with Crippen molar-refractivity contribution in [3.63, 3.8) is 0 Å². The Morgan fingerprint density at radius 3 is 2.56 bits per heavy atom. The van der Waals surface area contributed by atoms with Crippen LogP contribution in [0.4, 0.5) is 24.5 Å². The zero-order chi connectivity index (χ0) is 23.3. The zero-order valence-electron chi connectivity index (χ0n) is 16.5. The van der Waals surface area contributed by atoms with Crippen molar-refractivity contribution in [2.24, 2.45) is 0 Å². The summed E-state index contributed by atoms with van der Waals surface area (Å²) in [6, 6.07) is 8.37. The number of carbonyl (C=O) groups is 1. The molecule has 168 valence electrons. The topological polar surface area (TPSA) is 137 Å². The molecule has 0 aliphatic carbocycles. The van der Waals surface area contributed by atoms with Gasteiger partial charge < -0.3 is 15.4 Å². The van der Waals surface area contributed by atoms with Crippen LogP contribution in [-0.4, -0.2) is 51.0 Å². The summed E-state index contributed by atoms with van der Waals surface area (Å²) < 4.78 is 46.3. The summed E-state index contributed by atoms with van der Waals surface area (Å²) >= 11 is 0. The van der Waals surface area contributed by atoms with Crippen LogP contribution in [0, 0.1) is 10.1 Å². The summed E-state index contributed by atoms with van der Waals surface area (Å²) in [5.41, 5.74) is -1.98. The van der Waals surface area contributed by atoms with Crippen LogP contribution in [0.1, 0.15) is 16.1 Å². The number of aromatic nitrogens is 4. The number of nitrogens with zero attached hydrogens (tertiary/aromatic N) is 5. The lowest BCUT2D eigenvalue weighted by molar-refractivity contribution is -0.384. The van der Waals surface area contributed by atoms with E-state index in [1.165, 1.54) is 37.4 Å². The molecule has 0 atom stereocenters. The number of nitro groups is 1. The minimum absolute atomic E-state index is 0.0377. The Morgan fingerprint density at radius 1 is 1.19 bits per heavy atom. The van der Waals surface area contributed by atoms with Crippen molar-refractivity contribution in [2.75, 3.05) is 25.5 Å². The number of ether oxygens (including phenoxy) is 1. The van der Waals surface area contributed by atoms with Crippen LogP contribution in [-0.2, 0) is 6.18 Å². The Balaban J connectivity index is 1.73. The number of nitro benzene ring substituents is 1. The van der Waals surface area contributed by atoms with Gasteiger partial charge in [0.15, 0.2) is 11.5 Å². The lowest BCUT2D eigenvalue weighted by Gasteiger charge is -2.12. The predicted octanol–water partition coefficient (Wildman–Crippen LogP) is 2.44. The molecule has 0 saturated carbocycles. The highest BCUT2D eigenvalue weighted by atomic mass is 19.4. The van der Waals surface area contributed by atoms with Crippen molar-refractivity contribution in [2.45, 2.75) is 6.18 Å². The number of carbonyl (C=O) groups excluding carboxylic acids is 1. The largest absolute Gasteiger partial charge is 0.480 e. The highest BCUT2D eigenvalue weighted by Gasteiger charge is 2.41. The molecule has 1 aromatic carbocycles. The molecule has 2 aromatic heterocycles. The second-order valence-corrected chi connectivity index (χ2v) is 6.21. The van der Waals surface area contributed by atoms with E-state index in [2.05, 4.69) is 25.9 Å². The minimum atomic E-state index is -4.91. The molecular formula is C18H16F3N7O4. The summed E-state index contributed by atoms with van der Waals surface area (Å²) in [7, 11) is 1.33. The molecule has 32 heavy (non-hydrogen) atoms. The fourth-order valence-electron chi connectivity index (χ4n) is 2.75. The number of hydrogen-bond donors (Lipinski definition) is 2. The van der Waals surface area contributed by atoms with Gasteiger partial charge in [0.05, 0.1) is 23.8 Å². The normalized spacial score (nSPS) is 11.1. The number of para-hydroxylation sites is 2. The average Bonchev–Trinajstić information content (AvgIpc) is 3.23. The van der Waals surface area contributed by atoms with Gasteiger partial charge in [-0.3, -0.25) is 14.9 Å². The van der Waals surface area contributed by atoms with Crippen molar-refractivity contribution < 1.29 is 27.6 Å². The quantitative estimate of drug-likeness (QED) is 0.303. The molecule has 1 amide bonds. The Kier molecular flexibility index (Phi) is 6.51. The highest BCUT2D eigenvalue weighted by molar-refractivity contribution is 5.95. The first-order valence-corrected chi connectivity index (χ1v) is 9.01. The van der Waals surface area contributed by atoms with E-state index in [4.69, 9.17) is 4.74 Å². The Hall–Kier alpha value is -4.23. The van der Waals surface area contributed by atoms with Crippen molar-refractivity contribution in [1.82, 2.24) is 25.3 Å². The van der Waals surface area contributed by atoms with Crippen molar-refractivity contribution in [3.05, 3.63) is 64.0 Å². The molecule has 0 aliphatic heterocycles.